The Balaban J connectivity index is 2.43. The number of primary amides is 1. The van der Waals surface area contributed by atoms with Gasteiger partial charge in [0.15, 0.2) is 11.4 Å². The molecule has 1 aromatic carbocycles. The average Bonchev–Trinajstić information content (AvgIpc) is 3.35. The summed E-state index contributed by atoms with van der Waals surface area (Å²) in [7, 11) is 0. The van der Waals surface area contributed by atoms with Gasteiger partial charge in [-0.1, -0.05) is 39.8 Å². The van der Waals surface area contributed by atoms with Crippen molar-refractivity contribution in [2.75, 3.05) is 0 Å². The molecule has 6 nitrogen and oxygen atoms in total. The van der Waals surface area contributed by atoms with E-state index < -0.39 is 17.1 Å². The number of ether oxygens (including phenoxy) is 1. The van der Waals surface area contributed by atoms with Crippen LogP contribution in [0.25, 0.3) is 10.9 Å². The molecule has 1 aliphatic rings. The zero-order valence-corrected chi connectivity index (χ0v) is 16.1. The minimum Gasteiger partial charge on any atom is -0.434 e. The molecule has 0 aliphatic heterocycles. The quantitative estimate of drug-likeness (QED) is 0.902. The van der Waals surface area contributed by atoms with Crippen molar-refractivity contribution in [2.24, 2.45) is 11.1 Å². The molecular weight excluding hydrogens is 330 g/mol. The highest BCUT2D eigenvalue weighted by Crippen LogP contribution is 2.47. The third-order valence-electron chi connectivity index (χ3n) is 5.40. The summed E-state index contributed by atoms with van der Waals surface area (Å²) in [6, 6.07) is 5.73. The Morgan fingerprint density at radius 1 is 1.35 bits per heavy atom. The fourth-order valence-corrected chi connectivity index (χ4v) is 3.83. The summed E-state index contributed by atoms with van der Waals surface area (Å²) in [4.78, 5) is 30.0. The van der Waals surface area contributed by atoms with Gasteiger partial charge in [-0.05, 0) is 37.8 Å². The first-order valence-corrected chi connectivity index (χ1v) is 9.13. The van der Waals surface area contributed by atoms with E-state index in [0.29, 0.717) is 23.1 Å². The predicted octanol–water partition coefficient (Wildman–Crippen LogP) is 3.79. The molecule has 26 heavy (non-hydrogen) atoms. The number of hydrogen-bond donors (Lipinski definition) is 1. The van der Waals surface area contributed by atoms with Gasteiger partial charge in [-0.15, -0.1) is 0 Å². The summed E-state index contributed by atoms with van der Waals surface area (Å²) >= 11 is 0. The number of aryl methyl sites for hydroxylation is 1. The maximum atomic E-state index is 13.4. The van der Waals surface area contributed by atoms with Crippen molar-refractivity contribution in [1.82, 2.24) is 9.55 Å². The molecule has 2 N–H and O–H groups in total. The van der Waals surface area contributed by atoms with E-state index in [2.05, 4.69) is 0 Å². The number of nitrogens with two attached hydrogens (primary N) is 1. The van der Waals surface area contributed by atoms with Crippen LogP contribution in [0.2, 0.25) is 0 Å². The lowest BCUT2D eigenvalue weighted by atomic mass is 9.73. The van der Waals surface area contributed by atoms with Gasteiger partial charge in [0, 0.05) is 11.5 Å². The van der Waals surface area contributed by atoms with E-state index >= 15 is 0 Å². The molecule has 1 aliphatic carbocycles. The smallest absolute Gasteiger partial charge is 0.405 e. The van der Waals surface area contributed by atoms with Crippen molar-refractivity contribution >= 4 is 17.0 Å². The molecule has 1 heterocycles. The minimum absolute atomic E-state index is 0.0688. The van der Waals surface area contributed by atoms with Crippen LogP contribution in [0.3, 0.4) is 0 Å². The molecule has 6 heteroatoms. The van der Waals surface area contributed by atoms with Gasteiger partial charge >= 0.3 is 6.09 Å². The van der Waals surface area contributed by atoms with Gasteiger partial charge in [-0.25, -0.2) is 9.78 Å². The molecule has 2 aromatic rings. The molecule has 0 spiro atoms. The first-order valence-electron chi connectivity index (χ1n) is 9.13. The Morgan fingerprint density at radius 3 is 2.50 bits per heavy atom. The van der Waals surface area contributed by atoms with Crippen LogP contribution in [0.4, 0.5) is 4.79 Å². The maximum Gasteiger partial charge on any atom is 0.405 e. The lowest BCUT2D eigenvalue weighted by Gasteiger charge is -2.43. The molecule has 3 rings (SSSR count). The van der Waals surface area contributed by atoms with Crippen molar-refractivity contribution in [2.45, 2.75) is 65.5 Å². The van der Waals surface area contributed by atoms with Crippen molar-refractivity contribution in [1.29, 1.82) is 0 Å². The topological polar surface area (TPSA) is 87.2 Å². The molecular formula is C20H27N3O3. The lowest BCUT2D eigenvalue weighted by molar-refractivity contribution is -0.0835. The van der Waals surface area contributed by atoms with Crippen LogP contribution < -0.4 is 11.3 Å². The molecule has 1 fully saturated rings. The third-order valence-corrected chi connectivity index (χ3v) is 5.40. The number of carbonyl (C=O) groups excluding carboxylic acids is 1. The molecule has 0 bridgehead atoms. The van der Waals surface area contributed by atoms with Gasteiger partial charge in [-0.3, -0.25) is 9.36 Å². The highest BCUT2D eigenvalue weighted by atomic mass is 16.6. The second-order valence-electron chi connectivity index (χ2n) is 8.16. The summed E-state index contributed by atoms with van der Waals surface area (Å²) in [5.74, 6) is 0.497. The van der Waals surface area contributed by atoms with E-state index in [1.807, 2.05) is 52.8 Å². The van der Waals surface area contributed by atoms with Gasteiger partial charge in [0.05, 0.1) is 10.9 Å². The lowest BCUT2D eigenvalue weighted by Crippen LogP contribution is -2.49. The van der Waals surface area contributed by atoms with Crippen LogP contribution in [0.5, 0.6) is 0 Å². The Kier molecular flexibility index (Phi) is 4.33. The standard InChI is InChI=1S/C20H27N3O3/c1-6-20(19(3,4)5,26-18(21)25)17-22-14-9-7-8-12(2)15(14)16(24)23(17)13-10-11-13/h7-9,13H,6,10-11H2,1-5H3,(H2,21,25)/t20-/m1/s1. The van der Waals surface area contributed by atoms with Crippen LogP contribution in [0, 0.1) is 12.3 Å². The Morgan fingerprint density at radius 2 is 2.00 bits per heavy atom. The van der Waals surface area contributed by atoms with Crippen LogP contribution in [0.15, 0.2) is 23.0 Å². The van der Waals surface area contributed by atoms with Crippen LogP contribution in [-0.2, 0) is 10.3 Å². The molecule has 0 saturated heterocycles. The number of fused-ring (bicyclic) bond motifs is 1. The largest absolute Gasteiger partial charge is 0.434 e. The normalized spacial score (nSPS) is 17.1. The van der Waals surface area contributed by atoms with Crippen LogP contribution >= 0.6 is 0 Å². The summed E-state index contributed by atoms with van der Waals surface area (Å²) in [5, 5.41) is 0.626. The van der Waals surface area contributed by atoms with E-state index in [4.69, 9.17) is 15.5 Å². The number of benzene rings is 1. The summed E-state index contributed by atoms with van der Waals surface area (Å²) in [6.07, 6.45) is 1.46. The summed E-state index contributed by atoms with van der Waals surface area (Å²) in [6.45, 7) is 9.77. The van der Waals surface area contributed by atoms with Crippen molar-refractivity contribution in [3.63, 3.8) is 0 Å². The van der Waals surface area contributed by atoms with Gasteiger partial charge < -0.3 is 10.5 Å². The number of hydrogen-bond acceptors (Lipinski definition) is 4. The number of rotatable bonds is 4. The van der Waals surface area contributed by atoms with Gasteiger partial charge in [0.25, 0.3) is 5.56 Å². The van der Waals surface area contributed by atoms with E-state index in [1.54, 1.807) is 4.57 Å². The second kappa shape index (κ2) is 6.11. The zero-order chi connectivity index (χ0) is 19.3. The SMILES string of the molecule is CC[C@@](OC(N)=O)(c1nc2cccc(C)c2c(=O)n1C1CC1)C(C)(C)C. The highest BCUT2D eigenvalue weighted by molar-refractivity contribution is 5.81. The monoisotopic (exact) mass is 357 g/mol. The number of aromatic nitrogens is 2. The fourth-order valence-electron chi connectivity index (χ4n) is 3.83. The Hall–Kier alpha value is -2.37. The number of amides is 1. The minimum atomic E-state index is -1.08. The molecule has 0 radical (unpaired) electrons. The second-order valence-corrected chi connectivity index (χ2v) is 8.16. The first kappa shape index (κ1) is 18.4. The highest BCUT2D eigenvalue weighted by Gasteiger charge is 2.50. The van der Waals surface area contributed by atoms with Crippen molar-refractivity contribution in [3.8, 4) is 0 Å². The number of carbonyl (C=O) groups is 1. The summed E-state index contributed by atoms with van der Waals surface area (Å²) < 4.78 is 7.45. The molecule has 1 aromatic heterocycles. The van der Waals surface area contributed by atoms with Crippen LogP contribution in [-0.4, -0.2) is 15.6 Å². The van der Waals surface area contributed by atoms with E-state index in [9.17, 15) is 9.59 Å². The average molecular weight is 357 g/mol. The van der Waals surface area contributed by atoms with E-state index in [1.165, 1.54) is 0 Å². The summed E-state index contributed by atoms with van der Waals surface area (Å²) in [5.41, 5.74) is 5.30. The molecule has 0 unspecified atom stereocenters. The molecule has 1 saturated carbocycles. The molecule has 1 amide bonds. The zero-order valence-electron chi connectivity index (χ0n) is 16.1. The first-order chi connectivity index (χ1) is 12.1. The van der Waals surface area contributed by atoms with Gasteiger partial charge in [0.1, 0.15) is 0 Å². The third kappa shape index (κ3) is 2.77. The Bertz CT molecular complexity index is 922. The maximum absolute atomic E-state index is 13.4. The van der Waals surface area contributed by atoms with E-state index in [0.717, 1.165) is 18.4 Å². The van der Waals surface area contributed by atoms with Gasteiger partial charge in [-0.2, -0.15) is 0 Å². The van der Waals surface area contributed by atoms with Crippen molar-refractivity contribution in [3.05, 3.63) is 39.9 Å². The molecule has 140 valence electrons. The molecule has 1 atom stereocenters. The van der Waals surface area contributed by atoms with Gasteiger partial charge in [0.2, 0.25) is 0 Å². The fraction of sp³-hybridized carbons (Fsp3) is 0.550. The van der Waals surface area contributed by atoms with Crippen molar-refractivity contribution < 1.29 is 9.53 Å². The predicted molar refractivity (Wildman–Crippen MR) is 101 cm³/mol. The van der Waals surface area contributed by atoms with E-state index in [-0.39, 0.29) is 11.6 Å². The van der Waals surface area contributed by atoms with Crippen LogP contribution in [0.1, 0.15) is 64.4 Å². The Labute approximate surface area is 153 Å². The number of nitrogens with zero attached hydrogens (tertiary/aromatic N) is 2.